The average Bonchev–Trinajstić information content (AvgIpc) is 2.87. The van der Waals surface area contributed by atoms with Crippen molar-refractivity contribution < 1.29 is 9.59 Å². The molecule has 25 heavy (non-hydrogen) atoms. The molecule has 0 atom stereocenters. The number of piperazine rings is 1. The summed E-state index contributed by atoms with van der Waals surface area (Å²) >= 11 is 0. The van der Waals surface area contributed by atoms with Crippen LogP contribution in [0.1, 0.15) is 11.4 Å². The molecule has 0 radical (unpaired) electrons. The molecule has 2 amide bonds. The lowest BCUT2D eigenvalue weighted by Gasteiger charge is -2.26. The molecule has 8 nitrogen and oxygen atoms in total. The maximum atomic E-state index is 12.5. The van der Waals surface area contributed by atoms with Crippen molar-refractivity contribution >= 4 is 11.8 Å². The normalized spacial score (nSPS) is 14.4. The Kier molecular flexibility index (Phi) is 4.97. The van der Waals surface area contributed by atoms with Crippen molar-refractivity contribution in [2.24, 2.45) is 0 Å². The Morgan fingerprint density at radius 3 is 2.72 bits per heavy atom. The Balaban J connectivity index is 1.68. The van der Waals surface area contributed by atoms with E-state index in [-0.39, 0.29) is 30.6 Å². The molecule has 1 aliphatic rings. The van der Waals surface area contributed by atoms with Gasteiger partial charge in [0.15, 0.2) is 0 Å². The Hall–Kier alpha value is -2.90. The van der Waals surface area contributed by atoms with E-state index >= 15 is 0 Å². The van der Waals surface area contributed by atoms with Gasteiger partial charge >= 0.3 is 5.69 Å². The van der Waals surface area contributed by atoms with Crippen LogP contribution in [0.4, 0.5) is 0 Å². The summed E-state index contributed by atoms with van der Waals surface area (Å²) < 4.78 is 2.75. The largest absolute Gasteiger partial charge is 0.353 e. The minimum absolute atomic E-state index is 0.0290. The summed E-state index contributed by atoms with van der Waals surface area (Å²) in [5.74, 6) is 0.117. The Morgan fingerprint density at radius 1 is 1.24 bits per heavy atom. The Labute approximate surface area is 145 Å². The van der Waals surface area contributed by atoms with Crippen molar-refractivity contribution in [2.75, 3.05) is 19.6 Å². The number of hydrogen-bond acceptors (Lipinski definition) is 4. The molecule has 1 fully saturated rings. The smallest absolute Gasteiger partial charge is 0.346 e. The number of aromatic nitrogens is 3. The molecule has 1 N–H and O–H groups in total. The lowest BCUT2D eigenvalue weighted by molar-refractivity contribution is -0.138. The van der Waals surface area contributed by atoms with E-state index in [1.54, 1.807) is 11.5 Å². The summed E-state index contributed by atoms with van der Waals surface area (Å²) in [5, 5.41) is 6.86. The zero-order chi connectivity index (χ0) is 17.8. The van der Waals surface area contributed by atoms with Gasteiger partial charge in [0, 0.05) is 19.6 Å². The predicted octanol–water partition coefficient (Wildman–Crippen LogP) is -0.446. The molecule has 3 rings (SSSR count). The third-order valence-electron chi connectivity index (χ3n) is 4.25. The average molecular weight is 343 g/mol. The molecular formula is C17H21N5O3. The highest BCUT2D eigenvalue weighted by Gasteiger charge is 2.22. The van der Waals surface area contributed by atoms with Crippen LogP contribution in [-0.2, 0) is 29.1 Å². The number of nitrogens with one attached hydrogen (secondary N) is 1. The lowest BCUT2D eigenvalue weighted by Crippen LogP contribution is -2.51. The standard InChI is InChI=1S/C17H21N5O3/c1-13-19-22(12-16(24)20-10-8-18-15(23)11-20)17(25)21(13)9-7-14-5-3-2-4-6-14/h2-6H,7-12H2,1H3,(H,18,23). The van der Waals surface area contributed by atoms with Crippen molar-refractivity contribution in [3.63, 3.8) is 0 Å². The first-order chi connectivity index (χ1) is 12.0. The van der Waals surface area contributed by atoms with Crippen LogP contribution in [0.5, 0.6) is 0 Å². The second kappa shape index (κ2) is 7.33. The number of rotatable bonds is 5. The van der Waals surface area contributed by atoms with E-state index in [4.69, 9.17) is 0 Å². The number of carbonyl (C=O) groups is 2. The van der Waals surface area contributed by atoms with Gasteiger partial charge in [-0.3, -0.25) is 14.2 Å². The van der Waals surface area contributed by atoms with Crippen LogP contribution in [0.2, 0.25) is 0 Å². The third-order valence-corrected chi connectivity index (χ3v) is 4.25. The highest BCUT2D eigenvalue weighted by atomic mass is 16.2. The Morgan fingerprint density at radius 2 is 2.00 bits per heavy atom. The molecule has 0 unspecified atom stereocenters. The number of amides is 2. The van der Waals surface area contributed by atoms with E-state index in [1.807, 2.05) is 30.3 Å². The number of nitrogens with zero attached hydrogens (tertiary/aromatic N) is 4. The van der Waals surface area contributed by atoms with Gasteiger partial charge in [-0.1, -0.05) is 30.3 Å². The van der Waals surface area contributed by atoms with Gasteiger partial charge in [0.1, 0.15) is 12.4 Å². The van der Waals surface area contributed by atoms with Crippen LogP contribution >= 0.6 is 0 Å². The molecule has 2 aromatic rings. The summed E-state index contributed by atoms with van der Waals surface area (Å²) in [6.07, 6.45) is 0.716. The molecule has 8 heteroatoms. The summed E-state index contributed by atoms with van der Waals surface area (Å²) in [7, 11) is 0. The highest BCUT2D eigenvalue weighted by molar-refractivity contribution is 5.85. The highest BCUT2D eigenvalue weighted by Crippen LogP contribution is 2.02. The van der Waals surface area contributed by atoms with Crippen LogP contribution in [0, 0.1) is 6.92 Å². The molecule has 0 aliphatic carbocycles. The first-order valence-corrected chi connectivity index (χ1v) is 8.27. The molecule has 0 spiro atoms. The van der Waals surface area contributed by atoms with E-state index in [1.165, 1.54) is 9.58 Å². The summed E-state index contributed by atoms with van der Waals surface area (Å²) in [5.41, 5.74) is 0.834. The number of aryl methyl sites for hydroxylation is 2. The molecule has 1 aromatic carbocycles. The van der Waals surface area contributed by atoms with Crippen molar-refractivity contribution in [3.05, 3.63) is 52.2 Å². The summed E-state index contributed by atoms with van der Waals surface area (Å²) in [6.45, 7) is 3.03. The van der Waals surface area contributed by atoms with E-state index in [0.29, 0.717) is 31.9 Å². The molecule has 132 valence electrons. The second-order valence-corrected chi connectivity index (χ2v) is 6.04. The summed E-state index contributed by atoms with van der Waals surface area (Å²) in [6, 6.07) is 9.89. The van der Waals surface area contributed by atoms with Gasteiger partial charge in [-0.05, 0) is 18.9 Å². The van der Waals surface area contributed by atoms with E-state index in [0.717, 1.165) is 5.56 Å². The van der Waals surface area contributed by atoms with Crippen molar-refractivity contribution in [1.82, 2.24) is 24.6 Å². The molecule has 0 saturated carbocycles. The van der Waals surface area contributed by atoms with Gasteiger partial charge in [0.05, 0.1) is 6.54 Å². The zero-order valence-electron chi connectivity index (χ0n) is 14.1. The minimum Gasteiger partial charge on any atom is -0.353 e. The molecule has 0 bridgehead atoms. The first-order valence-electron chi connectivity index (χ1n) is 8.27. The predicted molar refractivity (Wildman–Crippen MR) is 91.0 cm³/mol. The minimum atomic E-state index is -0.303. The van der Waals surface area contributed by atoms with Crippen molar-refractivity contribution in [3.8, 4) is 0 Å². The van der Waals surface area contributed by atoms with Crippen LogP contribution in [0.3, 0.4) is 0 Å². The fraction of sp³-hybridized carbons (Fsp3) is 0.412. The molecule has 1 aromatic heterocycles. The number of carbonyl (C=O) groups excluding carboxylic acids is 2. The fourth-order valence-corrected chi connectivity index (χ4v) is 2.87. The zero-order valence-corrected chi connectivity index (χ0v) is 14.1. The topological polar surface area (TPSA) is 89.2 Å². The van der Waals surface area contributed by atoms with Crippen LogP contribution < -0.4 is 11.0 Å². The quantitative estimate of drug-likeness (QED) is 0.797. The van der Waals surface area contributed by atoms with E-state index < -0.39 is 0 Å². The van der Waals surface area contributed by atoms with Gasteiger partial charge in [-0.25, -0.2) is 9.48 Å². The van der Waals surface area contributed by atoms with Gasteiger partial charge in [0.25, 0.3) is 0 Å². The molecule has 1 saturated heterocycles. The maximum Gasteiger partial charge on any atom is 0.346 e. The number of benzene rings is 1. The number of hydrogen-bond donors (Lipinski definition) is 1. The SMILES string of the molecule is Cc1nn(CC(=O)N2CCNC(=O)C2)c(=O)n1CCc1ccccc1. The maximum absolute atomic E-state index is 12.5. The van der Waals surface area contributed by atoms with Crippen LogP contribution in [-0.4, -0.2) is 50.7 Å². The summed E-state index contributed by atoms with van der Waals surface area (Å²) in [4.78, 5) is 37.6. The second-order valence-electron chi connectivity index (χ2n) is 6.04. The third kappa shape index (κ3) is 3.96. The van der Waals surface area contributed by atoms with Gasteiger partial charge < -0.3 is 10.2 Å². The van der Waals surface area contributed by atoms with E-state index in [9.17, 15) is 14.4 Å². The van der Waals surface area contributed by atoms with Crippen LogP contribution in [0.15, 0.2) is 35.1 Å². The van der Waals surface area contributed by atoms with Crippen molar-refractivity contribution in [1.29, 1.82) is 0 Å². The van der Waals surface area contributed by atoms with Gasteiger partial charge in [0.2, 0.25) is 11.8 Å². The van der Waals surface area contributed by atoms with Crippen molar-refractivity contribution in [2.45, 2.75) is 26.4 Å². The monoisotopic (exact) mass is 343 g/mol. The molecular weight excluding hydrogens is 322 g/mol. The Bertz CT molecular complexity index is 825. The molecule has 2 heterocycles. The first kappa shape index (κ1) is 16.9. The van der Waals surface area contributed by atoms with Gasteiger partial charge in [-0.15, -0.1) is 0 Å². The molecule has 1 aliphatic heterocycles. The van der Waals surface area contributed by atoms with Crippen LogP contribution in [0.25, 0.3) is 0 Å². The van der Waals surface area contributed by atoms with E-state index in [2.05, 4.69) is 10.4 Å². The fourth-order valence-electron chi connectivity index (χ4n) is 2.87. The lowest BCUT2D eigenvalue weighted by atomic mass is 10.1. The van der Waals surface area contributed by atoms with Gasteiger partial charge in [-0.2, -0.15) is 5.10 Å².